The molecule has 5 nitrogen and oxygen atoms in total. The molecule has 0 atom stereocenters. The van der Waals surface area contributed by atoms with Crippen LogP contribution in [0, 0.1) is 0 Å². The Bertz CT molecular complexity index is 1010. The molecular weight excluding hydrogens is 338 g/mol. The second kappa shape index (κ2) is 6.61. The molecule has 0 fully saturated rings. The van der Waals surface area contributed by atoms with Crippen LogP contribution in [-0.2, 0) is 18.3 Å². The van der Waals surface area contributed by atoms with Crippen molar-refractivity contribution in [2.75, 3.05) is 17.7 Å². The molecule has 0 saturated carbocycles. The van der Waals surface area contributed by atoms with Crippen LogP contribution in [0.15, 0.2) is 53.3 Å². The number of nitrogen functional groups attached to an aromatic ring is 1. The zero-order chi connectivity index (χ0) is 18.1. The first-order chi connectivity index (χ1) is 11.9. The summed E-state index contributed by atoms with van der Waals surface area (Å²) in [5, 5.41) is 1.05. The molecule has 1 amide bonds. The van der Waals surface area contributed by atoms with E-state index in [0.717, 1.165) is 5.69 Å². The van der Waals surface area contributed by atoms with E-state index in [1.54, 1.807) is 32.3 Å². The second-order valence-electron chi connectivity index (χ2n) is 5.86. The van der Waals surface area contributed by atoms with E-state index in [1.807, 2.05) is 30.3 Å². The lowest BCUT2D eigenvalue weighted by Gasteiger charge is -2.19. The minimum absolute atomic E-state index is 0.0922. The van der Waals surface area contributed by atoms with E-state index >= 15 is 0 Å². The molecule has 25 heavy (non-hydrogen) atoms. The molecule has 3 rings (SSSR count). The van der Waals surface area contributed by atoms with E-state index in [1.165, 1.54) is 9.47 Å². The number of anilines is 2. The van der Waals surface area contributed by atoms with Gasteiger partial charge in [-0.25, -0.2) is 0 Å². The van der Waals surface area contributed by atoms with Gasteiger partial charge in [-0.1, -0.05) is 35.9 Å². The Morgan fingerprint density at radius 3 is 2.52 bits per heavy atom. The van der Waals surface area contributed by atoms with Crippen LogP contribution in [0.1, 0.15) is 5.56 Å². The maximum Gasteiger partial charge on any atom is 0.256 e. The monoisotopic (exact) mass is 355 g/mol. The number of carbonyl (C=O) groups is 1. The van der Waals surface area contributed by atoms with Gasteiger partial charge < -0.3 is 15.2 Å². The zero-order valence-corrected chi connectivity index (χ0v) is 14.7. The molecule has 0 spiro atoms. The predicted octanol–water partition coefficient (Wildman–Crippen LogP) is 2.98. The van der Waals surface area contributed by atoms with Gasteiger partial charge in [0, 0.05) is 25.2 Å². The molecule has 6 heteroatoms. The first-order valence-electron chi connectivity index (χ1n) is 7.79. The number of likely N-dealkylation sites (N-methyl/N-ethyl adjacent to an activating group) is 1. The number of halogens is 1. The Kier molecular flexibility index (Phi) is 4.51. The van der Waals surface area contributed by atoms with E-state index in [0.29, 0.717) is 15.9 Å². The van der Waals surface area contributed by atoms with Crippen molar-refractivity contribution in [2.45, 2.75) is 6.42 Å². The molecule has 0 aliphatic heterocycles. The predicted molar refractivity (Wildman–Crippen MR) is 102 cm³/mol. The summed E-state index contributed by atoms with van der Waals surface area (Å²) in [5.41, 5.74) is 7.83. The van der Waals surface area contributed by atoms with Crippen molar-refractivity contribution in [1.82, 2.24) is 4.57 Å². The van der Waals surface area contributed by atoms with Gasteiger partial charge in [-0.3, -0.25) is 9.59 Å². The van der Waals surface area contributed by atoms with Crippen LogP contribution in [0.3, 0.4) is 0 Å². The number of nitrogens with two attached hydrogens (primary N) is 1. The average Bonchev–Trinajstić information content (AvgIpc) is 2.63. The van der Waals surface area contributed by atoms with E-state index in [2.05, 4.69) is 0 Å². The van der Waals surface area contributed by atoms with Gasteiger partial charge in [-0.2, -0.15) is 0 Å². The molecule has 0 radical (unpaired) electrons. The summed E-state index contributed by atoms with van der Waals surface area (Å²) in [7, 11) is 3.32. The number of amides is 1. The summed E-state index contributed by atoms with van der Waals surface area (Å²) in [6, 6.07) is 14.5. The molecule has 1 aromatic heterocycles. The van der Waals surface area contributed by atoms with Crippen molar-refractivity contribution in [2.24, 2.45) is 7.05 Å². The zero-order valence-electron chi connectivity index (χ0n) is 14.0. The molecule has 0 aliphatic rings. The lowest BCUT2D eigenvalue weighted by atomic mass is 10.1. The fraction of sp³-hybridized carbons (Fsp3) is 0.158. The molecule has 0 aliphatic carbocycles. The third-order valence-corrected chi connectivity index (χ3v) is 4.67. The van der Waals surface area contributed by atoms with Gasteiger partial charge in [0.25, 0.3) is 5.56 Å². The quantitative estimate of drug-likeness (QED) is 0.785. The highest BCUT2D eigenvalue weighted by Crippen LogP contribution is 2.29. The van der Waals surface area contributed by atoms with Crippen molar-refractivity contribution in [3.63, 3.8) is 0 Å². The molecule has 3 aromatic rings. The van der Waals surface area contributed by atoms with Crippen molar-refractivity contribution in [3.8, 4) is 0 Å². The average molecular weight is 356 g/mol. The molecule has 2 N–H and O–H groups in total. The van der Waals surface area contributed by atoms with Gasteiger partial charge in [-0.05, 0) is 24.3 Å². The van der Waals surface area contributed by atoms with Crippen LogP contribution >= 0.6 is 11.6 Å². The lowest BCUT2D eigenvalue weighted by Crippen LogP contribution is -2.32. The Balaban J connectivity index is 2.06. The number of carbonyl (C=O) groups excluding carboxylic acids is 1. The molecular formula is C19H18ClN3O2. The summed E-state index contributed by atoms with van der Waals surface area (Å²) in [6.07, 6.45) is -0.0922. The number of fused-ring (bicyclic) bond motifs is 1. The molecule has 0 saturated heterocycles. The van der Waals surface area contributed by atoms with Gasteiger partial charge in [0.2, 0.25) is 5.91 Å². The van der Waals surface area contributed by atoms with E-state index in [4.69, 9.17) is 17.3 Å². The van der Waals surface area contributed by atoms with Gasteiger partial charge in [-0.15, -0.1) is 0 Å². The third kappa shape index (κ3) is 2.98. The normalized spacial score (nSPS) is 10.8. The number of para-hydroxylation sites is 1. The largest absolute Gasteiger partial charge is 0.398 e. The number of nitrogens with zero attached hydrogens (tertiary/aromatic N) is 2. The van der Waals surface area contributed by atoms with Crippen molar-refractivity contribution >= 4 is 39.8 Å². The fourth-order valence-electron chi connectivity index (χ4n) is 2.87. The standard InChI is InChI=1S/C19H18ClN3O2/c1-22(12-7-4-3-5-8-12)16(24)11-13-18(21)17-14(20)9-6-10-15(17)23(2)19(13)25/h3-10H,11,21H2,1-2H3. The van der Waals surface area contributed by atoms with Crippen LogP contribution in [0.5, 0.6) is 0 Å². The minimum atomic E-state index is -0.290. The van der Waals surface area contributed by atoms with Crippen LogP contribution in [0.4, 0.5) is 11.4 Å². The molecule has 1 heterocycles. The van der Waals surface area contributed by atoms with Gasteiger partial charge in [0.05, 0.1) is 28.2 Å². The maximum absolute atomic E-state index is 12.7. The maximum atomic E-state index is 12.7. The number of hydrogen-bond donors (Lipinski definition) is 1. The minimum Gasteiger partial charge on any atom is -0.398 e. The second-order valence-corrected chi connectivity index (χ2v) is 6.26. The smallest absolute Gasteiger partial charge is 0.256 e. The van der Waals surface area contributed by atoms with Gasteiger partial charge >= 0.3 is 0 Å². The molecule has 2 aromatic carbocycles. The van der Waals surface area contributed by atoms with E-state index in [9.17, 15) is 9.59 Å². The highest BCUT2D eigenvalue weighted by molar-refractivity contribution is 6.36. The number of hydrogen-bond acceptors (Lipinski definition) is 3. The van der Waals surface area contributed by atoms with Gasteiger partial charge in [0.15, 0.2) is 0 Å². The Morgan fingerprint density at radius 1 is 1.16 bits per heavy atom. The summed E-state index contributed by atoms with van der Waals surface area (Å²) in [5.74, 6) is -0.221. The van der Waals surface area contributed by atoms with Crippen LogP contribution in [0.2, 0.25) is 5.02 Å². The van der Waals surface area contributed by atoms with E-state index < -0.39 is 0 Å². The third-order valence-electron chi connectivity index (χ3n) is 4.36. The van der Waals surface area contributed by atoms with E-state index in [-0.39, 0.29) is 29.1 Å². The number of pyridine rings is 1. The SMILES string of the molecule is CN(C(=O)Cc1c(N)c2c(Cl)cccc2n(C)c1=O)c1ccccc1. The number of rotatable bonds is 3. The summed E-state index contributed by atoms with van der Waals surface area (Å²) in [6.45, 7) is 0. The molecule has 0 bridgehead atoms. The first-order valence-corrected chi connectivity index (χ1v) is 8.16. The van der Waals surface area contributed by atoms with Crippen LogP contribution in [-0.4, -0.2) is 17.5 Å². The highest BCUT2D eigenvalue weighted by Gasteiger charge is 2.20. The number of benzene rings is 2. The molecule has 0 unspecified atom stereocenters. The first kappa shape index (κ1) is 17.0. The van der Waals surface area contributed by atoms with Crippen molar-refractivity contribution in [1.29, 1.82) is 0 Å². The summed E-state index contributed by atoms with van der Waals surface area (Å²) in [4.78, 5) is 26.8. The molecule has 128 valence electrons. The van der Waals surface area contributed by atoms with Crippen molar-refractivity contribution in [3.05, 3.63) is 69.5 Å². The topological polar surface area (TPSA) is 68.3 Å². The number of aryl methyl sites for hydroxylation is 1. The van der Waals surface area contributed by atoms with Crippen LogP contribution < -0.4 is 16.2 Å². The highest BCUT2D eigenvalue weighted by atomic mass is 35.5. The fourth-order valence-corrected chi connectivity index (χ4v) is 3.14. The van der Waals surface area contributed by atoms with Crippen molar-refractivity contribution < 1.29 is 4.79 Å². The Hall–Kier alpha value is -2.79. The lowest BCUT2D eigenvalue weighted by molar-refractivity contribution is -0.117. The Morgan fingerprint density at radius 2 is 1.84 bits per heavy atom. The van der Waals surface area contributed by atoms with Gasteiger partial charge in [0.1, 0.15) is 0 Å². The Labute approximate surface area is 150 Å². The number of aromatic nitrogens is 1. The summed E-state index contributed by atoms with van der Waals surface area (Å²) >= 11 is 6.26. The van der Waals surface area contributed by atoms with Crippen LogP contribution in [0.25, 0.3) is 10.9 Å². The summed E-state index contributed by atoms with van der Waals surface area (Å²) < 4.78 is 1.47.